The molecule has 3 aliphatic rings. The maximum atomic E-state index is 12.9. The number of amides is 1. The van der Waals surface area contributed by atoms with Crippen molar-refractivity contribution in [1.82, 2.24) is 4.90 Å². The Morgan fingerprint density at radius 3 is 2.16 bits per heavy atom. The van der Waals surface area contributed by atoms with Crippen LogP contribution in [0.15, 0.2) is 29.3 Å². The lowest BCUT2D eigenvalue weighted by atomic mass is 9.94. The lowest BCUT2D eigenvalue weighted by Crippen LogP contribution is -2.54. The predicted molar refractivity (Wildman–Crippen MR) is 140 cm³/mol. The van der Waals surface area contributed by atoms with E-state index < -0.39 is 0 Å². The number of thioether (sulfide) groups is 1. The van der Waals surface area contributed by atoms with Crippen LogP contribution in [0.4, 0.5) is 5.69 Å². The van der Waals surface area contributed by atoms with Gasteiger partial charge in [0.25, 0.3) is 0 Å². The van der Waals surface area contributed by atoms with E-state index >= 15 is 0 Å². The average Bonchev–Trinajstić information content (AvgIpc) is 3.18. The first-order valence-corrected chi connectivity index (χ1v) is 13.4. The number of rotatable bonds is 5. The van der Waals surface area contributed by atoms with Crippen molar-refractivity contribution in [3.63, 3.8) is 0 Å². The van der Waals surface area contributed by atoms with Crippen LogP contribution >= 0.6 is 24.2 Å². The first-order valence-electron chi connectivity index (χ1n) is 12.4. The van der Waals surface area contributed by atoms with Crippen molar-refractivity contribution < 1.29 is 4.79 Å². The summed E-state index contributed by atoms with van der Waals surface area (Å²) in [5, 5.41) is 1.20. The molecule has 1 atom stereocenters. The normalized spacial score (nSPS) is 24.1. The maximum Gasteiger partial charge on any atom is 0.225 e. The molecule has 1 heterocycles. The van der Waals surface area contributed by atoms with Gasteiger partial charge < -0.3 is 4.90 Å². The first kappa shape index (κ1) is 25.4. The fourth-order valence-electron chi connectivity index (χ4n) is 5.44. The van der Waals surface area contributed by atoms with Gasteiger partial charge in [-0.1, -0.05) is 76.3 Å². The molecular weight excluding hydrogens is 438 g/mol. The minimum absolute atomic E-state index is 0. The third kappa shape index (κ3) is 5.83. The average molecular weight is 478 g/mol. The van der Waals surface area contributed by atoms with Crippen molar-refractivity contribution in [1.29, 1.82) is 0 Å². The Kier molecular flexibility index (Phi) is 9.36. The highest BCUT2D eigenvalue weighted by molar-refractivity contribution is 8.14. The van der Waals surface area contributed by atoms with Crippen LogP contribution < -0.4 is 4.90 Å². The molecule has 1 aromatic carbocycles. The predicted octanol–water partition coefficient (Wildman–Crippen LogP) is 6.98. The Morgan fingerprint density at radius 1 is 1.00 bits per heavy atom. The number of benzene rings is 1. The number of nitrogens with zero attached hydrogens (tertiary/aromatic N) is 3. The molecule has 178 valence electrons. The molecule has 0 bridgehead atoms. The third-order valence-electron chi connectivity index (χ3n) is 7.21. The van der Waals surface area contributed by atoms with Crippen LogP contribution in [-0.4, -0.2) is 40.0 Å². The van der Waals surface area contributed by atoms with Gasteiger partial charge in [0.2, 0.25) is 5.91 Å². The smallest absolute Gasteiger partial charge is 0.225 e. The van der Waals surface area contributed by atoms with E-state index in [9.17, 15) is 4.79 Å². The molecule has 4 rings (SSSR count). The van der Waals surface area contributed by atoms with E-state index in [1.807, 2.05) is 16.7 Å². The Bertz CT molecular complexity index is 770. The number of anilines is 1. The van der Waals surface area contributed by atoms with Gasteiger partial charge in [0, 0.05) is 24.4 Å². The van der Waals surface area contributed by atoms with E-state index in [4.69, 9.17) is 4.99 Å². The van der Waals surface area contributed by atoms with Crippen LogP contribution in [0.3, 0.4) is 0 Å². The molecule has 0 N–H and O–H groups in total. The summed E-state index contributed by atoms with van der Waals surface area (Å²) in [4.78, 5) is 22.8. The second-order valence-corrected chi connectivity index (χ2v) is 10.8. The minimum atomic E-state index is 0. The van der Waals surface area contributed by atoms with Gasteiger partial charge in [-0.25, -0.2) is 0 Å². The van der Waals surface area contributed by atoms with Gasteiger partial charge >= 0.3 is 0 Å². The summed E-state index contributed by atoms with van der Waals surface area (Å²) in [5.41, 5.74) is 2.33. The molecule has 1 unspecified atom stereocenters. The highest BCUT2D eigenvalue weighted by Crippen LogP contribution is 2.37. The molecule has 2 saturated carbocycles. The molecule has 0 spiro atoms. The van der Waals surface area contributed by atoms with Crippen LogP contribution in [0.1, 0.15) is 96.5 Å². The number of amidine groups is 1. The summed E-state index contributed by atoms with van der Waals surface area (Å²) in [6.07, 6.45) is 12.8. The maximum absolute atomic E-state index is 12.9. The molecule has 1 aromatic rings. The molecule has 1 aliphatic heterocycles. The zero-order valence-electron chi connectivity index (χ0n) is 20.0. The topological polar surface area (TPSA) is 35.9 Å². The Morgan fingerprint density at radius 2 is 1.59 bits per heavy atom. The summed E-state index contributed by atoms with van der Waals surface area (Å²) < 4.78 is 0. The summed E-state index contributed by atoms with van der Waals surface area (Å²) >= 11 is 1.88. The van der Waals surface area contributed by atoms with E-state index in [-0.39, 0.29) is 24.5 Å². The van der Waals surface area contributed by atoms with E-state index in [1.165, 1.54) is 74.9 Å². The molecular formula is C26H40ClN3OS. The fraction of sp³-hybridized carbons (Fsp3) is 0.692. The monoisotopic (exact) mass is 477 g/mol. The number of halogens is 1. The zero-order chi connectivity index (χ0) is 21.8. The van der Waals surface area contributed by atoms with Crippen LogP contribution in [-0.2, 0) is 4.79 Å². The second kappa shape index (κ2) is 11.8. The lowest BCUT2D eigenvalue weighted by Gasteiger charge is -2.41. The van der Waals surface area contributed by atoms with Gasteiger partial charge in [-0.2, -0.15) is 0 Å². The number of carbonyl (C=O) groups excluding carboxylic acids is 1. The van der Waals surface area contributed by atoms with Gasteiger partial charge in [-0.15, -0.1) is 12.4 Å². The van der Waals surface area contributed by atoms with Crippen LogP contribution in [0.2, 0.25) is 0 Å². The molecule has 0 radical (unpaired) electrons. The van der Waals surface area contributed by atoms with Gasteiger partial charge in [0.1, 0.15) is 6.17 Å². The minimum Gasteiger partial charge on any atom is -0.327 e. The number of hydrogen-bond donors (Lipinski definition) is 0. The summed E-state index contributed by atoms with van der Waals surface area (Å²) in [7, 11) is 0. The van der Waals surface area contributed by atoms with Gasteiger partial charge in [0.15, 0.2) is 5.17 Å². The van der Waals surface area contributed by atoms with E-state index in [1.54, 1.807) is 6.92 Å². The molecule has 4 nitrogen and oxygen atoms in total. The van der Waals surface area contributed by atoms with Gasteiger partial charge in [0.05, 0.1) is 6.04 Å². The summed E-state index contributed by atoms with van der Waals surface area (Å²) in [5.74, 6) is 1.53. The van der Waals surface area contributed by atoms with Gasteiger partial charge in [-0.05, 0) is 49.3 Å². The fourth-order valence-corrected chi connectivity index (χ4v) is 6.69. The van der Waals surface area contributed by atoms with Crippen molar-refractivity contribution in [3.05, 3.63) is 29.8 Å². The van der Waals surface area contributed by atoms with Crippen LogP contribution in [0.5, 0.6) is 0 Å². The molecule has 3 fully saturated rings. The Balaban J connectivity index is 0.00000289. The van der Waals surface area contributed by atoms with Gasteiger partial charge in [-0.3, -0.25) is 14.7 Å². The summed E-state index contributed by atoms with van der Waals surface area (Å²) in [6, 6.07) is 9.61. The van der Waals surface area contributed by atoms with Crippen LogP contribution in [0.25, 0.3) is 0 Å². The van der Waals surface area contributed by atoms with Crippen molar-refractivity contribution >= 4 is 40.9 Å². The highest BCUT2D eigenvalue weighted by atomic mass is 35.5. The number of aliphatic imine (C=N–C) groups is 1. The molecule has 32 heavy (non-hydrogen) atoms. The van der Waals surface area contributed by atoms with Crippen molar-refractivity contribution in [2.45, 2.75) is 109 Å². The van der Waals surface area contributed by atoms with E-state index in [2.05, 4.69) is 43.0 Å². The second-order valence-electron chi connectivity index (χ2n) is 9.83. The van der Waals surface area contributed by atoms with E-state index in [0.717, 1.165) is 11.4 Å². The zero-order valence-corrected chi connectivity index (χ0v) is 21.6. The standard InChI is InChI=1S/C26H39N3OS.ClH/c1-19(2)21-14-16-24(17-15-21)28(20(3)30)25-18-31-26(27-22-10-6-4-7-11-22)29(25)23-12-8-5-9-13-23;/h14-17,19,22-23,25H,4-13,18H2,1-3H3;1H. The van der Waals surface area contributed by atoms with Crippen molar-refractivity contribution in [2.24, 2.45) is 4.99 Å². The molecule has 1 amide bonds. The molecule has 1 saturated heterocycles. The van der Waals surface area contributed by atoms with Crippen molar-refractivity contribution in [2.75, 3.05) is 10.7 Å². The third-order valence-corrected chi connectivity index (χ3v) is 8.25. The van der Waals surface area contributed by atoms with E-state index in [0.29, 0.717) is 18.0 Å². The number of carbonyl (C=O) groups is 1. The molecule has 0 aromatic heterocycles. The Hall–Kier alpha value is -1.20. The van der Waals surface area contributed by atoms with Crippen molar-refractivity contribution in [3.8, 4) is 0 Å². The first-order chi connectivity index (χ1) is 15.0. The molecule has 2 aliphatic carbocycles. The number of hydrogen-bond acceptors (Lipinski definition) is 3. The summed E-state index contributed by atoms with van der Waals surface area (Å²) in [6.45, 7) is 6.14. The van der Waals surface area contributed by atoms with Crippen LogP contribution in [0, 0.1) is 0 Å². The lowest BCUT2D eigenvalue weighted by molar-refractivity contribution is -0.117. The Labute approximate surface area is 205 Å². The quantitative estimate of drug-likeness (QED) is 0.458. The molecule has 6 heteroatoms. The SMILES string of the molecule is CC(=O)N(c1ccc(C(C)C)cc1)C1CSC(=NC2CCCCC2)N1C1CCCCC1.Cl. The highest BCUT2D eigenvalue weighted by Gasteiger charge is 2.41. The largest absolute Gasteiger partial charge is 0.327 e.